The molecule has 0 bridgehead atoms. The van der Waals surface area contributed by atoms with Crippen LogP contribution in [0, 0.1) is 6.92 Å². The van der Waals surface area contributed by atoms with Crippen molar-refractivity contribution in [2.24, 2.45) is 0 Å². The minimum atomic E-state index is -4.39. The quantitative estimate of drug-likeness (QED) is 0.0591. The van der Waals surface area contributed by atoms with Crippen LogP contribution in [-0.2, 0) is 20.4 Å². The summed E-state index contributed by atoms with van der Waals surface area (Å²) in [5, 5.41) is 1.99. The first-order valence-electron chi connectivity index (χ1n) is 16.0. The summed E-state index contributed by atoms with van der Waals surface area (Å²) >= 11 is 1.60. The van der Waals surface area contributed by atoms with E-state index in [0.29, 0.717) is 25.5 Å². The Morgan fingerprint density at radius 1 is 0.886 bits per heavy atom. The Kier molecular flexibility index (Phi) is 16.9. The maximum absolute atomic E-state index is 12.7. The fourth-order valence-electron chi connectivity index (χ4n) is 4.84. The Morgan fingerprint density at radius 2 is 1.57 bits per heavy atom. The van der Waals surface area contributed by atoms with Gasteiger partial charge >= 0.3 is 7.82 Å². The molecule has 1 heterocycles. The molecule has 0 fully saturated rings. The van der Waals surface area contributed by atoms with Crippen molar-refractivity contribution in [1.82, 2.24) is 0 Å². The van der Waals surface area contributed by atoms with Crippen LogP contribution in [0.15, 0.2) is 59.6 Å². The van der Waals surface area contributed by atoms with Gasteiger partial charge in [0.05, 0.1) is 18.6 Å². The van der Waals surface area contributed by atoms with E-state index < -0.39 is 13.9 Å². The first-order valence-corrected chi connectivity index (χ1v) is 18.5. The van der Waals surface area contributed by atoms with E-state index in [1.165, 1.54) is 57.8 Å². The average molecular weight is 649 g/mol. The van der Waals surface area contributed by atoms with E-state index in [0.717, 1.165) is 23.3 Å². The van der Waals surface area contributed by atoms with E-state index in [1.807, 2.05) is 59.8 Å². The third-order valence-electron chi connectivity index (χ3n) is 7.25. The molecule has 1 N–H and O–H groups in total. The third kappa shape index (κ3) is 14.1. The van der Waals surface area contributed by atoms with E-state index in [1.54, 1.807) is 29.5 Å². The molecule has 0 radical (unpaired) electrons. The van der Waals surface area contributed by atoms with Crippen LogP contribution in [0.3, 0.4) is 0 Å². The number of rotatable bonds is 24. The van der Waals surface area contributed by atoms with Gasteiger partial charge in [-0.2, -0.15) is 4.57 Å². The molecular weight excluding hydrogens is 597 g/mol. The maximum atomic E-state index is 12.7. The van der Waals surface area contributed by atoms with E-state index in [4.69, 9.17) is 23.3 Å². The third-order valence-corrected chi connectivity index (χ3v) is 8.84. The minimum absolute atomic E-state index is 0.143. The van der Waals surface area contributed by atoms with Crippen molar-refractivity contribution in [3.05, 3.63) is 70.7 Å². The molecule has 0 aliphatic carbocycles. The number of ether oxygens (including phenoxy) is 3. The largest absolute Gasteiger partial charge is 0.527 e. The molecule has 2 aromatic carbocycles. The van der Waals surface area contributed by atoms with Crippen LogP contribution < -0.4 is 18.6 Å². The lowest BCUT2D eigenvalue weighted by molar-refractivity contribution is -0.683. The van der Waals surface area contributed by atoms with Crippen molar-refractivity contribution in [2.45, 2.75) is 97.6 Å². The van der Waals surface area contributed by atoms with Gasteiger partial charge in [-0.1, -0.05) is 94.2 Å². The van der Waals surface area contributed by atoms with Gasteiger partial charge < -0.3 is 18.7 Å². The van der Waals surface area contributed by atoms with Crippen LogP contribution in [0.4, 0.5) is 0 Å². The molecule has 1 aromatic heterocycles. The number of aromatic nitrogens is 1. The lowest BCUT2D eigenvalue weighted by atomic mass is 10.1. The second-order valence-electron chi connectivity index (χ2n) is 11.0. The molecule has 8 nitrogen and oxygen atoms in total. The van der Waals surface area contributed by atoms with Crippen molar-refractivity contribution in [3.8, 4) is 17.2 Å². The van der Waals surface area contributed by atoms with Crippen LogP contribution in [0.1, 0.15) is 89.2 Å². The number of hydrogen-bond donors (Lipinski definition) is 1. The van der Waals surface area contributed by atoms with Gasteiger partial charge in [-0.05, 0) is 44.5 Å². The van der Waals surface area contributed by atoms with Gasteiger partial charge in [-0.15, -0.1) is 0 Å². The van der Waals surface area contributed by atoms with E-state index in [-0.39, 0.29) is 19.0 Å². The number of unbranched alkanes of at least 4 members (excludes halogenated alkanes) is 9. The Morgan fingerprint density at radius 3 is 2.25 bits per heavy atom. The summed E-state index contributed by atoms with van der Waals surface area (Å²) in [5.41, 5.74) is 3.84. The van der Waals surface area contributed by atoms with Crippen molar-refractivity contribution >= 4 is 19.2 Å². The predicted octanol–water partition coefficient (Wildman–Crippen LogP) is 8.67. The molecule has 3 rings (SSSR count). The summed E-state index contributed by atoms with van der Waals surface area (Å²) < 4.78 is 43.3. The predicted molar refractivity (Wildman–Crippen MR) is 176 cm³/mol. The number of hydrogen-bond acceptors (Lipinski definition) is 7. The van der Waals surface area contributed by atoms with E-state index >= 15 is 0 Å². The van der Waals surface area contributed by atoms with Gasteiger partial charge in [-0.3, -0.25) is 9.42 Å². The normalized spacial score (nSPS) is 13.4. The monoisotopic (exact) mass is 648 g/mol. The molecule has 0 aliphatic rings. The van der Waals surface area contributed by atoms with Crippen LogP contribution in [-0.4, -0.2) is 37.4 Å². The zero-order chi connectivity index (χ0) is 31.5. The number of phosphoric ester groups is 1. The fourth-order valence-corrected chi connectivity index (χ4v) is 6.23. The SMILES string of the molecule is CCCCCCCCCCCCOc1cccc(OCC(COP(=O)(O)Oc2cccc(C[n+]3ccsc3)c2)OCC)c1C. The van der Waals surface area contributed by atoms with Crippen LogP contribution >= 0.6 is 19.2 Å². The Hall–Kier alpha value is -2.42. The van der Waals surface area contributed by atoms with E-state index in [2.05, 4.69) is 6.92 Å². The molecule has 2 unspecified atom stereocenters. The summed E-state index contributed by atoms with van der Waals surface area (Å²) in [6.45, 7) is 7.76. The van der Waals surface area contributed by atoms with Crippen molar-refractivity contribution in [2.75, 3.05) is 26.4 Å². The number of thiazole rings is 1. The zero-order valence-electron chi connectivity index (χ0n) is 26.7. The molecule has 44 heavy (non-hydrogen) atoms. The van der Waals surface area contributed by atoms with E-state index in [9.17, 15) is 9.46 Å². The second-order valence-corrected chi connectivity index (χ2v) is 13.1. The summed E-state index contributed by atoms with van der Waals surface area (Å²) in [5.74, 6) is 1.74. The van der Waals surface area contributed by atoms with Gasteiger partial charge in [-0.25, -0.2) is 4.57 Å². The lowest BCUT2D eigenvalue weighted by Gasteiger charge is -2.21. The summed E-state index contributed by atoms with van der Waals surface area (Å²) in [6.07, 6.45) is 14.3. The standard InChI is InChI=1S/C34H50NO7PS/c1-4-6-7-8-9-10-11-12-13-14-22-39-33-19-16-20-34(29(33)3)40-26-32(38-5-2)27-41-43(36,37)42-31-18-15-17-30(24-31)25-35-21-23-44-28-35/h15-21,23-24,28,32H,4-14,22,25-27H2,1-3H3/p+1. The number of phosphoric acid groups is 1. The molecular formula is C34H51NO7PS+. The molecule has 244 valence electrons. The Balaban J connectivity index is 1.40. The van der Waals surface area contributed by atoms with Crippen LogP contribution in [0.5, 0.6) is 17.2 Å². The van der Waals surface area contributed by atoms with Gasteiger partial charge in [0.15, 0.2) is 12.7 Å². The molecule has 0 saturated carbocycles. The highest BCUT2D eigenvalue weighted by molar-refractivity contribution is 7.47. The van der Waals surface area contributed by atoms with Gasteiger partial charge in [0.1, 0.15) is 30.0 Å². The van der Waals surface area contributed by atoms with Crippen molar-refractivity contribution in [3.63, 3.8) is 0 Å². The van der Waals surface area contributed by atoms with Crippen LogP contribution in [0.2, 0.25) is 0 Å². The Labute approximate surface area is 267 Å². The molecule has 0 spiro atoms. The second kappa shape index (κ2) is 20.6. The van der Waals surface area contributed by atoms with Gasteiger partial charge in [0.25, 0.3) is 0 Å². The molecule has 0 saturated heterocycles. The molecule has 0 amide bonds. The van der Waals surface area contributed by atoms with Crippen LogP contribution in [0.25, 0.3) is 0 Å². The molecule has 10 heteroatoms. The highest BCUT2D eigenvalue weighted by Gasteiger charge is 2.26. The topological polar surface area (TPSA) is 87.3 Å². The maximum Gasteiger partial charge on any atom is 0.527 e. The average Bonchev–Trinajstić information content (AvgIpc) is 3.51. The lowest BCUT2D eigenvalue weighted by Crippen LogP contribution is -2.30. The molecule has 2 atom stereocenters. The minimum Gasteiger partial charge on any atom is -0.493 e. The van der Waals surface area contributed by atoms with Crippen molar-refractivity contribution in [1.29, 1.82) is 0 Å². The Bertz CT molecular complexity index is 1240. The zero-order valence-corrected chi connectivity index (χ0v) is 28.4. The molecule has 0 aliphatic heterocycles. The fraction of sp³-hybridized carbons (Fsp3) is 0.559. The van der Waals surface area contributed by atoms with Crippen molar-refractivity contribution < 1.29 is 37.3 Å². The van der Waals surface area contributed by atoms with Gasteiger partial charge in [0.2, 0.25) is 5.51 Å². The summed E-state index contributed by atoms with van der Waals surface area (Å²) in [7, 11) is -4.39. The summed E-state index contributed by atoms with van der Waals surface area (Å²) in [4.78, 5) is 10.4. The first-order chi connectivity index (χ1) is 21.4. The first kappa shape index (κ1) is 36.1. The smallest absolute Gasteiger partial charge is 0.493 e. The summed E-state index contributed by atoms with van der Waals surface area (Å²) in [6, 6.07) is 12.8. The molecule has 3 aromatic rings. The highest BCUT2D eigenvalue weighted by atomic mass is 32.1. The van der Waals surface area contributed by atoms with Gasteiger partial charge in [0, 0.05) is 17.7 Å². The number of benzene rings is 2. The highest BCUT2D eigenvalue weighted by Crippen LogP contribution is 2.44. The number of nitrogens with zero attached hydrogens (tertiary/aromatic N) is 1.